The average molecular weight is 376 g/mol. The Morgan fingerprint density at radius 2 is 1.96 bits per heavy atom. The lowest BCUT2D eigenvalue weighted by Gasteiger charge is -2.31. The average Bonchev–Trinajstić information content (AvgIpc) is 3.12. The molecule has 1 aromatic rings. The highest BCUT2D eigenvalue weighted by atomic mass is 16.1. The highest BCUT2D eigenvalue weighted by molar-refractivity contribution is 5.80. The Labute approximate surface area is 166 Å². The standard InChI is InChI=1S/C23H41N3O/c1-4-6-7-8-10-22-17-24-26(19-22)18-21-11-14-25(15-12-21)16-13-23(27)20(3)9-5-2/h17,19-21H,4-16,18H2,1-3H3. The van der Waals surface area contributed by atoms with Crippen LogP contribution in [0.5, 0.6) is 0 Å². The van der Waals surface area contributed by atoms with Gasteiger partial charge in [0.25, 0.3) is 0 Å². The molecule has 154 valence electrons. The number of unbranched alkanes of at least 4 members (excludes halogenated alkanes) is 3. The molecular formula is C23H41N3O. The largest absolute Gasteiger partial charge is 0.303 e. The predicted octanol–water partition coefficient (Wildman–Crippen LogP) is 5.11. The van der Waals surface area contributed by atoms with E-state index in [1.54, 1.807) is 0 Å². The van der Waals surface area contributed by atoms with Gasteiger partial charge < -0.3 is 4.90 Å². The van der Waals surface area contributed by atoms with Gasteiger partial charge in [-0.15, -0.1) is 0 Å². The van der Waals surface area contributed by atoms with E-state index in [-0.39, 0.29) is 5.92 Å². The van der Waals surface area contributed by atoms with Gasteiger partial charge in [-0.3, -0.25) is 9.48 Å². The van der Waals surface area contributed by atoms with E-state index in [2.05, 4.69) is 47.8 Å². The molecule has 1 unspecified atom stereocenters. The van der Waals surface area contributed by atoms with E-state index in [1.165, 1.54) is 50.5 Å². The second-order valence-corrected chi connectivity index (χ2v) is 8.57. The van der Waals surface area contributed by atoms with Crippen LogP contribution < -0.4 is 0 Å². The number of rotatable bonds is 13. The Hall–Kier alpha value is -1.16. The molecule has 1 aromatic heterocycles. The fraction of sp³-hybridized carbons (Fsp3) is 0.826. The molecule has 0 aromatic carbocycles. The molecule has 2 heterocycles. The van der Waals surface area contributed by atoms with Crippen molar-refractivity contribution in [1.82, 2.24) is 14.7 Å². The maximum atomic E-state index is 12.2. The van der Waals surface area contributed by atoms with Gasteiger partial charge in [-0.1, -0.05) is 46.5 Å². The van der Waals surface area contributed by atoms with Crippen LogP contribution in [0.4, 0.5) is 0 Å². The molecule has 1 atom stereocenters. The second-order valence-electron chi connectivity index (χ2n) is 8.57. The molecule has 1 aliphatic rings. The smallest absolute Gasteiger partial charge is 0.136 e. The lowest BCUT2D eigenvalue weighted by atomic mass is 9.95. The van der Waals surface area contributed by atoms with Crippen molar-refractivity contribution < 1.29 is 4.79 Å². The van der Waals surface area contributed by atoms with Crippen LogP contribution in [0.1, 0.15) is 84.1 Å². The quantitative estimate of drug-likeness (QED) is 0.449. The number of piperidine rings is 1. The summed E-state index contributed by atoms with van der Waals surface area (Å²) in [5, 5.41) is 4.58. The topological polar surface area (TPSA) is 38.1 Å². The molecule has 27 heavy (non-hydrogen) atoms. The van der Waals surface area contributed by atoms with Gasteiger partial charge in [0.1, 0.15) is 5.78 Å². The van der Waals surface area contributed by atoms with Crippen molar-refractivity contribution in [1.29, 1.82) is 0 Å². The van der Waals surface area contributed by atoms with Crippen LogP contribution in [0.15, 0.2) is 12.4 Å². The second kappa shape index (κ2) is 12.3. The Morgan fingerprint density at radius 1 is 1.19 bits per heavy atom. The van der Waals surface area contributed by atoms with E-state index < -0.39 is 0 Å². The number of hydrogen-bond donors (Lipinski definition) is 0. The molecular weight excluding hydrogens is 334 g/mol. The van der Waals surface area contributed by atoms with Crippen molar-refractivity contribution in [3.63, 3.8) is 0 Å². The van der Waals surface area contributed by atoms with Gasteiger partial charge in [0.15, 0.2) is 0 Å². The van der Waals surface area contributed by atoms with Crippen molar-refractivity contribution >= 4 is 5.78 Å². The fourth-order valence-corrected chi connectivity index (χ4v) is 4.16. The van der Waals surface area contributed by atoms with Gasteiger partial charge in [-0.2, -0.15) is 5.10 Å². The first-order valence-corrected chi connectivity index (χ1v) is 11.4. The summed E-state index contributed by atoms with van der Waals surface area (Å²) in [5.41, 5.74) is 1.39. The Bertz CT molecular complexity index is 531. The molecule has 0 N–H and O–H groups in total. The minimum absolute atomic E-state index is 0.239. The summed E-state index contributed by atoms with van der Waals surface area (Å²) in [6, 6.07) is 0. The molecule has 0 radical (unpaired) electrons. The number of aryl methyl sites for hydroxylation is 1. The Balaban J connectivity index is 1.63. The Kier molecular flexibility index (Phi) is 10.1. The highest BCUT2D eigenvalue weighted by Gasteiger charge is 2.21. The van der Waals surface area contributed by atoms with Gasteiger partial charge in [0, 0.05) is 31.6 Å². The summed E-state index contributed by atoms with van der Waals surface area (Å²) in [6.07, 6.45) is 16.1. The van der Waals surface area contributed by atoms with Gasteiger partial charge >= 0.3 is 0 Å². The summed E-state index contributed by atoms with van der Waals surface area (Å²) in [5.74, 6) is 1.41. The number of carbonyl (C=O) groups excluding carboxylic acids is 1. The molecule has 4 nitrogen and oxygen atoms in total. The maximum Gasteiger partial charge on any atom is 0.136 e. The molecule has 0 bridgehead atoms. The lowest BCUT2D eigenvalue weighted by Crippen LogP contribution is -2.36. The molecule has 1 fully saturated rings. The van der Waals surface area contributed by atoms with E-state index in [1.807, 2.05) is 0 Å². The lowest BCUT2D eigenvalue weighted by molar-refractivity contribution is -0.123. The van der Waals surface area contributed by atoms with Crippen LogP contribution in [-0.4, -0.2) is 40.1 Å². The monoisotopic (exact) mass is 375 g/mol. The van der Waals surface area contributed by atoms with Crippen LogP contribution >= 0.6 is 0 Å². The first-order valence-electron chi connectivity index (χ1n) is 11.4. The minimum atomic E-state index is 0.239. The third-order valence-electron chi connectivity index (χ3n) is 6.10. The summed E-state index contributed by atoms with van der Waals surface area (Å²) < 4.78 is 2.16. The minimum Gasteiger partial charge on any atom is -0.303 e. The first-order chi connectivity index (χ1) is 13.1. The van der Waals surface area contributed by atoms with E-state index in [4.69, 9.17) is 0 Å². The number of carbonyl (C=O) groups is 1. The summed E-state index contributed by atoms with van der Waals surface area (Å²) in [7, 11) is 0. The molecule has 0 saturated carbocycles. The number of nitrogens with zero attached hydrogens (tertiary/aromatic N) is 3. The molecule has 1 aliphatic heterocycles. The molecule has 0 aliphatic carbocycles. The number of hydrogen-bond acceptors (Lipinski definition) is 3. The van der Waals surface area contributed by atoms with E-state index in [9.17, 15) is 4.79 Å². The SMILES string of the molecule is CCCCCCc1cnn(CC2CCN(CCC(=O)C(C)CCC)CC2)c1. The summed E-state index contributed by atoms with van der Waals surface area (Å²) in [6.45, 7) is 10.8. The summed E-state index contributed by atoms with van der Waals surface area (Å²) in [4.78, 5) is 14.6. The van der Waals surface area contributed by atoms with Crippen LogP contribution in [0.3, 0.4) is 0 Å². The fourth-order valence-electron chi connectivity index (χ4n) is 4.16. The van der Waals surface area contributed by atoms with Gasteiger partial charge in [-0.05, 0) is 56.7 Å². The zero-order chi connectivity index (χ0) is 19.5. The molecule has 0 amide bonds. The maximum absolute atomic E-state index is 12.2. The van der Waals surface area contributed by atoms with E-state index in [0.29, 0.717) is 5.78 Å². The van der Waals surface area contributed by atoms with Crippen molar-refractivity contribution in [3.8, 4) is 0 Å². The van der Waals surface area contributed by atoms with Crippen molar-refractivity contribution in [3.05, 3.63) is 18.0 Å². The molecule has 0 spiro atoms. The van der Waals surface area contributed by atoms with E-state index in [0.717, 1.165) is 51.4 Å². The number of likely N-dealkylation sites (tertiary alicyclic amines) is 1. The zero-order valence-corrected chi connectivity index (χ0v) is 18.0. The number of Topliss-reactive ketones (excluding diaryl/α,β-unsaturated/α-hetero) is 1. The molecule has 1 saturated heterocycles. The highest BCUT2D eigenvalue weighted by Crippen LogP contribution is 2.20. The number of ketones is 1. The third kappa shape index (κ3) is 8.16. The first kappa shape index (κ1) is 22.1. The molecule has 2 rings (SSSR count). The summed E-state index contributed by atoms with van der Waals surface area (Å²) >= 11 is 0. The normalized spacial score (nSPS) is 17.3. The van der Waals surface area contributed by atoms with Gasteiger partial charge in [-0.25, -0.2) is 0 Å². The third-order valence-corrected chi connectivity index (χ3v) is 6.10. The van der Waals surface area contributed by atoms with Crippen molar-refractivity contribution in [2.75, 3.05) is 19.6 Å². The van der Waals surface area contributed by atoms with Crippen molar-refractivity contribution in [2.45, 2.75) is 91.5 Å². The van der Waals surface area contributed by atoms with Crippen LogP contribution in [0.25, 0.3) is 0 Å². The Morgan fingerprint density at radius 3 is 2.67 bits per heavy atom. The van der Waals surface area contributed by atoms with Gasteiger partial charge in [0.2, 0.25) is 0 Å². The zero-order valence-electron chi connectivity index (χ0n) is 18.0. The van der Waals surface area contributed by atoms with Crippen LogP contribution in [-0.2, 0) is 17.8 Å². The van der Waals surface area contributed by atoms with Crippen LogP contribution in [0.2, 0.25) is 0 Å². The van der Waals surface area contributed by atoms with E-state index >= 15 is 0 Å². The van der Waals surface area contributed by atoms with Crippen LogP contribution in [0, 0.1) is 11.8 Å². The van der Waals surface area contributed by atoms with Crippen molar-refractivity contribution in [2.24, 2.45) is 11.8 Å². The predicted molar refractivity (Wildman–Crippen MR) is 113 cm³/mol. The number of aromatic nitrogens is 2. The van der Waals surface area contributed by atoms with Gasteiger partial charge in [0.05, 0.1) is 6.20 Å². The molecule has 4 heteroatoms.